The lowest BCUT2D eigenvalue weighted by Crippen LogP contribution is -2.22. The van der Waals surface area contributed by atoms with Crippen LogP contribution in [-0.4, -0.2) is 11.9 Å². The SMILES string of the molecule is CC(C)c1ccc(CN(C)C(C)c2cccc(N)c2)cc1. The molecule has 2 rings (SSSR count). The predicted molar refractivity (Wildman–Crippen MR) is 91.3 cm³/mol. The summed E-state index contributed by atoms with van der Waals surface area (Å²) in [5.41, 5.74) is 10.7. The second-order valence-corrected chi connectivity index (χ2v) is 6.16. The Labute approximate surface area is 128 Å². The van der Waals surface area contributed by atoms with Crippen LogP contribution in [0.25, 0.3) is 0 Å². The standard InChI is InChI=1S/C19H26N2/c1-14(2)17-10-8-16(9-11-17)13-21(4)15(3)18-6-5-7-19(20)12-18/h5-12,14-15H,13,20H2,1-4H3. The second-order valence-electron chi connectivity index (χ2n) is 6.16. The maximum atomic E-state index is 5.88. The molecule has 2 N–H and O–H groups in total. The van der Waals surface area contributed by atoms with Crippen LogP contribution in [0.2, 0.25) is 0 Å². The molecule has 1 unspecified atom stereocenters. The third-order valence-corrected chi connectivity index (χ3v) is 4.13. The van der Waals surface area contributed by atoms with Gasteiger partial charge in [-0.3, -0.25) is 4.90 Å². The molecule has 0 saturated heterocycles. The number of hydrogen-bond donors (Lipinski definition) is 1. The molecule has 0 aliphatic heterocycles. The Hall–Kier alpha value is -1.80. The lowest BCUT2D eigenvalue weighted by atomic mass is 10.0. The first kappa shape index (κ1) is 15.6. The molecule has 1 atom stereocenters. The fourth-order valence-electron chi connectivity index (χ4n) is 2.51. The number of nitrogen functional groups attached to an aromatic ring is 1. The molecule has 0 saturated carbocycles. The first-order chi connectivity index (χ1) is 9.97. The summed E-state index contributed by atoms with van der Waals surface area (Å²) in [6.07, 6.45) is 0. The zero-order chi connectivity index (χ0) is 15.4. The molecule has 0 aromatic heterocycles. The number of anilines is 1. The van der Waals surface area contributed by atoms with Crippen molar-refractivity contribution in [2.45, 2.75) is 39.3 Å². The minimum absolute atomic E-state index is 0.346. The third kappa shape index (κ3) is 4.08. The van der Waals surface area contributed by atoms with Crippen molar-refractivity contribution in [1.29, 1.82) is 0 Å². The Morgan fingerprint density at radius 1 is 0.952 bits per heavy atom. The summed E-state index contributed by atoms with van der Waals surface area (Å²) in [7, 11) is 2.16. The Morgan fingerprint density at radius 2 is 1.62 bits per heavy atom. The molecule has 2 nitrogen and oxygen atoms in total. The monoisotopic (exact) mass is 282 g/mol. The van der Waals surface area contributed by atoms with Crippen LogP contribution in [0, 0.1) is 0 Å². The van der Waals surface area contributed by atoms with E-state index in [1.165, 1.54) is 16.7 Å². The Bertz CT molecular complexity index is 572. The van der Waals surface area contributed by atoms with Gasteiger partial charge in [-0.05, 0) is 48.7 Å². The number of nitrogens with two attached hydrogens (primary N) is 1. The van der Waals surface area contributed by atoms with E-state index in [9.17, 15) is 0 Å². The molecule has 2 aromatic rings. The molecule has 0 amide bonds. The maximum absolute atomic E-state index is 5.88. The van der Waals surface area contributed by atoms with E-state index in [1.807, 2.05) is 12.1 Å². The van der Waals surface area contributed by atoms with Gasteiger partial charge in [0.05, 0.1) is 0 Å². The first-order valence-corrected chi connectivity index (χ1v) is 7.62. The van der Waals surface area contributed by atoms with Gasteiger partial charge in [0.2, 0.25) is 0 Å². The summed E-state index contributed by atoms with van der Waals surface area (Å²) in [6.45, 7) is 7.61. The van der Waals surface area contributed by atoms with Gasteiger partial charge in [0.1, 0.15) is 0 Å². The molecule has 0 spiro atoms. The van der Waals surface area contributed by atoms with Crippen LogP contribution in [0.1, 0.15) is 49.4 Å². The minimum Gasteiger partial charge on any atom is -0.399 e. The normalized spacial score (nSPS) is 12.9. The average Bonchev–Trinajstić information content (AvgIpc) is 2.47. The highest BCUT2D eigenvalue weighted by atomic mass is 15.1. The average molecular weight is 282 g/mol. The molecule has 21 heavy (non-hydrogen) atoms. The summed E-state index contributed by atoms with van der Waals surface area (Å²) in [5.74, 6) is 0.586. The molecule has 0 fully saturated rings. The van der Waals surface area contributed by atoms with E-state index in [1.54, 1.807) is 0 Å². The van der Waals surface area contributed by atoms with Gasteiger partial charge in [0.15, 0.2) is 0 Å². The van der Waals surface area contributed by atoms with Crippen LogP contribution in [0.5, 0.6) is 0 Å². The van der Waals surface area contributed by atoms with Crippen molar-refractivity contribution in [3.63, 3.8) is 0 Å². The molecule has 2 heteroatoms. The Morgan fingerprint density at radius 3 is 2.19 bits per heavy atom. The van der Waals surface area contributed by atoms with Crippen LogP contribution in [0.4, 0.5) is 5.69 Å². The van der Waals surface area contributed by atoms with Gasteiger partial charge in [-0.25, -0.2) is 0 Å². The topological polar surface area (TPSA) is 29.3 Å². The summed E-state index contributed by atoms with van der Waals surface area (Å²) < 4.78 is 0. The van der Waals surface area contributed by atoms with Crippen LogP contribution >= 0.6 is 0 Å². The third-order valence-electron chi connectivity index (χ3n) is 4.13. The van der Waals surface area contributed by atoms with Gasteiger partial charge in [-0.15, -0.1) is 0 Å². The smallest absolute Gasteiger partial charge is 0.0321 e. The van der Waals surface area contributed by atoms with Crippen molar-refractivity contribution in [3.05, 3.63) is 65.2 Å². The van der Waals surface area contributed by atoms with Crippen molar-refractivity contribution in [2.24, 2.45) is 0 Å². The van der Waals surface area contributed by atoms with E-state index < -0.39 is 0 Å². The first-order valence-electron chi connectivity index (χ1n) is 7.62. The molecule has 0 aliphatic carbocycles. The molecule has 0 bridgehead atoms. The van der Waals surface area contributed by atoms with Gasteiger partial charge in [-0.1, -0.05) is 50.2 Å². The predicted octanol–water partition coefficient (Wildman–Crippen LogP) is 4.59. The zero-order valence-electron chi connectivity index (χ0n) is 13.5. The van der Waals surface area contributed by atoms with E-state index in [0.717, 1.165) is 12.2 Å². The number of nitrogens with zero attached hydrogens (tertiary/aromatic N) is 1. The number of hydrogen-bond acceptors (Lipinski definition) is 2. The summed E-state index contributed by atoms with van der Waals surface area (Å²) >= 11 is 0. The Balaban J connectivity index is 2.05. The molecule has 0 radical (unpaired) electrons. The van der Waals surface area contributed by atoms with Gasteiger partial charge < -0.3 is 5.73 Å². The van der Waals surface area contributed by atoms with E-state index in [-0.39, 0.29) is 0 Å². The molecule has 0 heterocycles. The van der Waals surface area contributed by atoms with Gasteiger partial charge in [-0.2, -0.15) is 0 Å². The van der Waals surface area contributed by atoms with E-state index in [0.29, 0.717) is 12.0 Å². The lowest BCUT2D eigenvalue weighted by Gasteiger charge is -2.25. The van der Waals surface area contributed by atoms with E-state index in [2.05, 4.69) is 69.1 Å². The van der Waals surface area contributed by atoms with Crippen molar-refractivity contribution in [3.8, 4) is 0 Å². The highest BCUT2D eigenvalue weighted by Crippen LogP contribution is 2.23. The Kier molecular flexibility index (Phi) is 5.03. The number of rotatable bonds is 5. The highest BCUT2D eigenvalue weighted by molar-refractivity contribution is 5.41. The van der Waals surface area contributed by atoms with Crippen LogP contribution < -0.4 is 5.73 Å². The molecular weight excluding hydrogens is 256 g/mol. The summed E-state index contributed by atoms with van der Waals surface area (Å²) in [6, 6.07) is 17.4. The van der Waals surface area contributed by atoms with Crippen LogP contribution in [0.3, 0.4) is 0 Å². The lowest BCUT2D eigenvalue weighted by molar-refractivity contribution is 0.253. The highest BCUT2D eigenvalue weighted by Gasteiger charge is 2.12. The number of benzene rings is 2. The van der Waals surface area contributed by atoms with Crippen molar-refractivity contribution < 1.29 is 0 Å². The molecule has 2 aromatic carbocycles. The fraction of sp³-hybridized carbons (Fsp3) is 0.368. The molecular formula is C19H26N2. The summed E-state index contributed by atoms with van der Waals surface area (Å²) in [5, 5.41) is 0. The van der Waals surface area contributed by atoms with Crippen LogP contribution in [0.15, 0.2) is 48.5 Å². The van der Waals surface area contributed by atoms with Gasteiger partial charge in [0, 0.05) is 18.3 Å². The van der Waals surface area contributed by atoms with Crippen molar-refractivity contribution in [2.75, 3.05) is 12.8 Å². The zero-order valence-corrected chi connectivity index (χ0v) is 13.5. The van der Waals surface area contributed by atoms with Gasteiger partial charge >= 0.3 is 0 Å². The summed E-state index contributed by atoms with van der Waals surface area (Å²) in [4.78, 5) is 2.35. The molecule has 112 valence electrons. The maximum Gasteiger partial charge on any atom is 0.0321 e. The quantitative estimate of drug-likeness (QED) is 0.813. The largest absolute Gasteiger partial charge is 0.399 e. The minimum atomic E-state index is 0.346. The van der Waals surface area contributed by atoms with Crippen molar-refractivity contribution in [1.82, 2.24) is 4.90 Å². The fourth-order valence-corrected chi connectivity index (χ4v) is 2.51. The van der Waals surface area contributed by atoms with Gasteiger partial charge in [0.25, 0.3) is 0 Å². The van der Waals surface area contributed by atoms with E-state index in [4.69, 9.17) is 5.73 Å². The van der Waals surface area contributed by atoms with Crippen LogP contribution in [-0.2, 0) is 6.54 Å². The molecule has 0 aliphatic rings. The van der Waals surface area contributed by atoms with E-state index >= 15 is 0 Å². The second kappa shape index (κ2) is 6.77. The van der Waals surface area contributed by atoms with Crippen molar-refractivity contribution >= 4 is 5.69 Å².